The molecule has 1 unspecified atom stereocenters. The zero-order valence-electron chi connectivity index (χ0n) is 15.5. The van der Waals surface area contributed by atoms with Gasteiger partial charge >= 0.3 is 0 Å². The Balaban J connectivity index is 2.28. The number of hydrogen-bond acceptors (Lipinski definition) is 6. The number of nitro groups is 2. The summed E-state index contributed by atoms with van der Waals surface area (Å²) in [5.41, 5.74) is -0.702. The van der Waals surface area contributed by atoms with Gasteiger partial charge in [0, 0.05) is 18.7 Å². The number of nitro benzene ring substituents is 2. The van der Waals surface area contributed by atoms with Crippen LogP contribution in [-0.2, 0) is 0 Å². The molecular formula is C18H19FN4O5. The second-order valence-electron chi connectivity index (χ2n) is 6.40. The Labute approximate surface area is 160 Å². The highest BCUT2D eigenvalue weighted by Gasteiger charge is 2.26. The second-order valence-corrected chi connectivity index (χ2v) is 6.40. The zero-order chi connectivity index (χ0) is 21.0. The van der Waals surface area contributed by atoms with Crippen molar-refractivity contribution in [1.29, 1.82) is 0 Å². The van der Waals surface area contributed by atoms with E-state index in [1.54, 1.807) is 31.1 Å². The number of rotatable bonds is 7. The van der Waals surface area contributed by atoms with E-state index in [1.165, 1.54) is 19.1 Å². The Hall–Kier alpha value is -3.40. The van der Waals surface area contributed by atoms with Crippen molar-refractivity contribution in [2.24, 2.45) is 0 Å². The average Bonchev–Trinajstić information content (AvgIpc) is 2.61. The fourth-order valence-corrected chi connectivity index (χ4v) is 2.80. The van der Waals surface area contributed by atoms with E-state index in [9.17, 15) is 29.4 Å². The molecule has 1 atom stereocenters. The summed E-state index contributed by atoms with van der Waals surface area (Å²) in [6.45, 7) is 1.33. The molecule has 9 nitrogen and oxygen atoms in total. The molecule has 2 aromatic rings. The lowest BCUT2D eigenvalue weighted by atomic mass is 10.0. The third-order valence-electron chi connectivity index (χ3n) is 4.32. The quantitative estimate of drug-likeness (QED) is 0.573. The molecule has 0 heterocycles. The topological polar surface area (TPSA) is 119 Å². The van der Waals surface area contributed by atoms with Gasteiger partial charge in [-0.1, -0.05) is 12.1 Å². The van der Waals surface area contributed by atoms with E-state index in [4.69, 9.17) is 0 Å². The van der Waals surface area contributed by atoms with Gasteiger partial charge in [0.2, 0.25) is 0 Å². The number of nitrogens with one attached hydrogen (secondary N) is 1. The lowest BCUT2D eigenvalue weighted by Crippen LogP contribution is -2.34. The first-order chi connectivity index (χ1) is 13.1. The number of likely N-dealkylation sites (N-methyl/N-ethyl adjacent to an activating group) is 1. The molecule has 0 aliphatic rings. The molecule has 28 heavy (non-hydrogen) atoms. The molecule has 0 saturated heterocycles. The van der Waals surface area contributed by atoms with E-state index < -0.39 is 32.9 Å². The molecule has 0 aliphatic carbocycles. The van der Waals surface area contributed by atoms with Crippen molar-refractivity contribution in [1.82, 2.24) is 10.2 Å². The molecular weight excluding hydrogens is 371 g/mol. The maximum Gasteiger partial charge on any atom is 0.279 e. The molecule has 0 spiro atoms. The minimum atomic E-state index is -0.769. The largest absolute Gasteiger partial charge is 0.350 e. The van der Waals surface area contributed by atoms with Crippen molar-refractivity contribution >= 4 is 17.3 Å². The van der Waals surface area contributed by atoms with Gasteiger partial charge in [0.25, 0.3) is 17.3 Å². The van der Waals surface area contributed by atoms with Crippen LogP contribution in [0.25, 0.3) is 0 Å². The molecule has 0 fully saturated rings. The van der Waals surface area contributed by atoms with Gasteiger partial charge in [-0.3, -0.25) is 25.0 Å². The molecule has 0 aliphatic heterocycles. The normalized spacial score (nSPS) is 11.9. The van der Waals surface area contributed by atoms with Crippen LogP contribution in [-0.4, -0.2) is 41.3 Å². The van der Waals surface area contributed by atoms with Crippen molar-refractivity contribution in [3.8, 4) is 0 Å². The Morgan fingerprint density at radius 3 is 2.18 bits per heavy atom. The number of carbonyl (C=O) groups excluding carboxylic acids is 1. The SMILES string of the molecule is Cc1c([N+](=O)[O-])cc(C(=O)NCC(c2cccc(F)c2)N(C)C)cc1[N+](=O)[O-]. The Bertz CT molecular complexity index is 897. The van der Waals surface area contributed by atoms with E-state index in [1.807, 2.05) is 0 Å². The molecule has 0 saturated carbocycles. The maximum atomic E-state index is 13.5. The first-order valence-corrected chi connectivity index (χ1v) is 8.25. The lowest BCUT2D eigenvalue weighted by molar-refractivity contribution is -0.395. The molecule has 0 aromatic heterocycles. The number of carbonyl (C=O) groups is 1. The van der Waals surface area contributed by atoms with Crippen LogP contribution in [0.15, 0.2) is 36.4 Å². The smallest absolute Gasteiger partial charge is 0.279 e. The highest BCUT2D eigenvalue weighted by molar-refractivity contribution is 5.96. The zero-order valence-corrected chi connectivity index (χ0v) is 15.5. The molecule has 1 N–H and O–H groups in total. The number of halogens is 1. The maximum absolute atomic E-state index is 13.5. The van der Waals surface area contributed by atoms with E-state index in [-0.39, 0.29) is 23.7 Å². The van der Waals surface area contributed by atoms with Crippen LogP contribution in [0.5, 0.6) is 0 Å². The van der Waals surface area contributed by atoms with E-state index in [0.29, 0.717) is 5.56 Å². The lowest BCUT2D eigenvalue weighted by Gasteiger charge is -2.25. The van der Waals surface area contributed by atoms with Crippen molar-refractivity contribution in [3.63, 3.8) is 0 Å². The summed E-state index contributed by atoms with van der Waals surface area (Å²) in [5, 5.41) is 24.9. The molecule has 2 rings (SSSR count). The van der Waals surface area contributed by atoms with Crippen LogP contribution in [0.3, 0.4) is 0 Å². The number of hydrogen-bond donors (Lipinski definition) is 1. The molecule has 1 amide bonds. The summed E-state index contributed by atoms with van der Waals surface area (Å²) < 4.78 is 13.5. The number of amides is 1. The van der Waals surface area contributed by atoms with Crippen LogP contribution in [0.4, 0.5) is 15.8 Å². The van der Waals surface area contributed by atoms with Gasteiger partial charge in [-0.05, 0) is 38.7 Å². The summed E-state index contributed by atoms with van der Waals surface area (Å²) >= 11 is 0. The van der Waals surface area contributed by atoms with Crippen LogP contribution in [0.2, 0.25) is 0 Å². The predicted octanol–water partition coefficient (Wildman–Crippen LogP) is 2.98. The predicted molar refractivity (Wildman–Crippen MR) is 99.6 cm³/mol. The first kappa shape index (κ1) is 20.9. The third-order valence-corrected chi connectivity index (χ3v) is 4.32. The third kappa shape index (κ3) is 4.65. The molecule has 10 heteroatoms. The summed E-state index contributed by atoms with van der Waals surface area (Å²) in [5.74, 6) is -1.12. The minimum absolute atomic E-state index is 0.0742. The van der Waals surface area contributed by atoms with Crippen LogP contribution in [0.1, 0.15) is 27.5 Å². The van der Waals surface area contributed by atoms with E-state index in [0.717, 1.165) is 12.1 Å². The van der Waals surface area contributed by atoms with Crippen molar-refractivity contribution in [2.45, 2.75) is 13.0 Å². The van der Waals surface area contributed by atoms with E-state index in [2.05, 4.69) is 5.32 Å². The van der Waals surface area contributed by atoms with Crippen molar-refractivity contribution in [3.05, 3.63) is 79.1 Å². The van der Waals surface area contributed by atoms with Gasteiger partial charge in [0.1, 0.15) is 11.4 Å². The van der Waals surface area contributed by atoms with Crippen LogP contribution in [0, 0.1) is 33.0 Å². The average molecular weight is 390 g/mol. The van der Waals surface area contributed by atoms with Gasteiger partial charge in [-0.2, -0.15) is 0 Å². The number of benzene rings is 2. The highest BCUT2D eigenvalue weighted by Crippen LogP contribution is 2.29. The minimum Gasteiger partial charge on any atom is -0.350 e. The van der Waals surface area contributed by atoms with Gasteiger partial charge < -0.3 is 10.2 Å². The van der Waals surface area contributed by atoms with Gasteiger partial charge in [0.15, 0.2) is 0 Å². The molecule has 148 valence electrons. The monoisotopic (exact) mass is 390 g/mol. The Morgan fingerprint density at radius 2 is 1.71 bits per heavy atom. The van der Waals surface area contributed by atoms with Crippen LogP contribution < -0.4 is 5.32 Å². The molecule has 0 bridgehead atoms. The highest BCUT2D eigenvalue weighted by atomic mass is 19.1. The summed E-state index contributed by atoms with van der Waals surface area (Å²) in [7, 11) is 3.51. The molecule has 0 radical (unpaired) electrons. The van der Waals surface area contributed by atoms with Crippen molar-refractivity contribution < 1.29 is 19.0 Å². The van der Waals surface area contributed by atoms with Gasteiger partial charge in [-0.25, -0.2) is 4.39 Å². The second kappa shape index (κ2) is 8.53. The summed E-state index contributed by atoms with van der Waals surface area (Å²) in [6, 6.07) is 7.55. The summed E-state index contributed by atoms with van der Waals surface area (Å²) in [6.07, 6.45) is 0. The molecule has 2 aromatic carbocycles. The van der Waals surface area contributed by atoms with Crippen LogP contribution >= 0.6 is 0 Å². The fourth-order valence-electron chi connectivity index (χ4n) is 2.80. The van der Waals surface area contributed by atoms with E-state index >= 15 is 0 Å². The van der Waals surface area contributed by atoms with Gasteiger partial charge in [0.05, 0.1) is 21.5 Å². The Morgan fingerprint density at radius 1 is 1.14 bits per heavy atom. The first-order valence-electron chi connectivity index (χ1n) is 8.25. The summed E-state index contributed by atoms with van der Waals surface area (Å²) in [4.78, 5) is 35.0. The standard InChI is InChI=1S/C18H19FN4O5/c1-11-15(22(25)26)8-13(9-16(11)23(27)28)18(24)20-10-17(21(2)3)12-5-4-6-14(19)7-12/h4-9,17H,10H2,1-3H3,(H,20,24). The fraction of sp³-hybridized carbons (Fsp3) is 0.278. The van der Waals surface area contributed by atoms with Crippen molar-refractivity contribution in [2.75, 3.05) is 20.6 Å². The Kier molecular flexibility index (Phi) is 6.37. The number of nitrogens with zero attached hydrogens (tertiary/aromatic N) is 3. The van der Waals surface area contributed by atoms with Gasteiger partial charge in [-0.15, -0.1) is 0 Å².